The number of rotatable bonds is 8. The Morgan fingerprint density at radius 1 is 1.00 bits per heavy atom. The van der Waals surface area contributed by atoms with E-state index in [2.05, 4.69) is 57.7 Å². The minimum atomic E-state index is 0.541. The van der Waals surface area contributed by atoms with Gasteiger partial charge in [0.25, 0.3) is 0 Å². The molecule has 1 N–H and O–H groups in total. The monoisotopic (exact) mass is 373 g/mol. The smallest absolute Gasteiger partial charge is 0.124 e. The van der Waals surface area contributed by atoms with Crippen LogP contribution in [0, 0.1) is 5.92 Å². The van der Waals surface area contributed by atoms with Crippen molar-refractivity contribution in [3.8, 4) is 5.75 Å². The van der Waals surface area contributed by atoms with Crippen LogP contribution < -0.4 is 15.0 Å². The van der Waals surface area contributed by atoms with Crippen molar-refractivity contribution in [1.82, 2.24) is 10.3 Å². The summed E-state index contributed by atoms with van der Waals surface area (Å²) in [7, 11) is 0. The molecule has 0 spiro atoms. The van der Waals surface area contributed by atoms with Crippen LogP contribution in [0.3, 0.4) is 0 Å². The Morgan fingerprint density at radius 2 is 1.86 bits per heavy atom. The first-order valence-corrected chi connectivity index (χ1v) is 9.99. The van der Waals surface area contributed by atoms with Gasteiger partial charge >= 0.3 is 0 Å². The van der Waals surface area contributed by atoms with Crippen LogP contribution in [-0.4, -0.2) is 24.6 Å². The van der Waals surface area contributed by atoms with Crippen LogP contribution in [0.4, 0.5) is 5.69 Å². The third-order valence-electron chi connectivity index (χ3n) is 5.25. The van der Waals surface area contributed by atoms with E-state index in [4.69, 9.17) is 4.74 Å². The second kappa shape index (κ2) is 9.38. The molecule has 2 heterocycles. The molecule has 4 rings (SSSR count). The molecule has 1 fully saturated rings. The lowest BCUT2D eigenvalue weighted by Crippen LogP contribution is -2.26. The summed E-state index contributed by atoms with van der Waals surface area (Å²) in [5.74, 6) is 1.62. The summed E-state index contributed by atoms with van der Waals surface area (Å²) in [6.45, 7) is 4.65. The van der Waals surface area contributed by atoms with Gasteiger partial charge < -0.3 is 15.0 Å². The summed E-state index contributed by atoms with van der Waals surface area (Å²) in [5.41, 5.74) is 3.61. The maximum absolute atomic E-state index is 6.03. The molecule has 4 heteroatoms. The molecule has 144 valence electrons. The van der Waals surface area contributed by atoms with Crippen molar-refractivity contribution in [3.63, 3.8) is 0 Å². The largest absolute Gasteiger partial charge is 0.489 e. The van der Waals surface area contributed by atoms with Crippen molar-refractivity contribution in [2.24, 2.45) is 5.92 Å². The standard InChI is InChI=1S/C24H27N3O/c1-2-9-23(10-3-1)27-14-12-20(18-27)15-26-17-22-8-4-5-11-24(22)28-19-21-7-6-13-25-16-21/h1-11,13,16,20,26H,12,14-15,17-19H2. The normalized spacial score (nSPS) is 16.3. The van der Waals surface area contributed by atoms with E-state index in [0.717, 1.165) is 37.5 Å². The zero-order valence-corrected chi connectivity index (χ0v) is 16.1. The second-order valence-corrected chi connectivity index (χ2v) is 7.32. The van der Waals surface area contributed by atoms with Crippen LogP contribution in [0.1, 0.15) is 17.5 Å². The van der Waals surface area contributed by atoms with Gasteiger partial charge in [-0.05, 0) is 36.6 Å². The minimum absolute atomic E-state index is 0.541. The zero-order chi connectivity index (χ0) is 19.0. The summed E-state index contributed by atoms with van der Waals surface area (Å²) in [5, 5.41) is 3.64. The summed E-state index contributed by atoms with van der Waals surface area (Å²) >= 11 is 0. The van der Waals surface area contributed by atoms with Gasteiger partial charge in [-0.1, -0.05) is 42.5 Å². The number of ether oxygens (including phenoxy) is 1. The highest BCUT2D eigenvalue weighted by Gasteiger charge is 2.22. The summed E-state index contributed by atoms with van der Waals surface area (Å²) in [6.07, 6.45) is 4.86. The molecular formula is C24H27N3O. The number of hydrogen-bond donors (Lipinski definition) is 1. The molecule has 1 unspecified atom stereocenters. The Labute approximate surface area is 167 Å². The van der Waals surface area contributed by atoms with Crippen LogP contribution in [0.2, 0.25) is 0 Å². The second-order valence-electron chi connectivity index (χ2n) is 7.32. The first-order valence-electron chi connectivity index (χ1n) is 9.99. The van der Waals surface area contributed by atoms with Crippen molar-refractivity contribution in [2.75, 3.05) is 24.5 Å². The number of pyridine rings is 1. The van der Waals surface area contributed by atoms with Crippen LogP contribution in [0.25, 0.3) is 0 Å². The van der Waals surface area contributed by atoms with Gasteiger partial charge in [0.2, 0.25) is 0 Å². The highest BCUT2D eigenvalue weighted by Crippen LogP contribution is 2.23. The number of anilines is 1. The molecule has 0 amide bonds. The van der Waals surface area contributed by atoms with E-state index in [1.54, 1.807) is 6.20 Å². The van der Waals surface area contributed by atoms with Gasteiger partial charge in [-0.3, -0.25) is 4.98 Å². The number of hydrogen-bond acceptors (Lipinski definition) is 4. The van der Waals surface area contributed by atoms with Crippen molar-refractivity contribution in [1.29, 1.82) is 0 Å². The average Bonchev–Trinajstić information content (AvgIpc) is 3.23. The van der Waals surface area contributed by atoms with Crippen molar-refractivity contribution in [2.45, 2.75) is 19.6 Å². The fourth-order valence-corrected chi connectivity index (χ4v) is 3.72. The average molecular weight is 374 g/mol. The van der Waals surface area contributed by atoms with Crippen LogP contribution in [-0.2, 0) is 13.2 Å². The van der Waals surface area contributed by atoms with Crippen LogP contribution in [0.5, 0.6) is 5.75 Å². The van der Waals surface area contributed by atoms with Crippen LogP contribution >= 0.6 is 0 Å². The third-order valence-corrected chi connectivity index (χ3v) is 5.25. The first kappa shape index (κ1) is 18.5. The van der Waals surface area contributed by atoms with E-state index < -0.39 is 0 Å². The molecule has 1 atom stereocenters. The fourth-order valence-electron chi connectivity index (χ4n) is 3.72. The molecule has 0 bridgehead atoms. The quantitative estimate of drug-likeness (QED) is 0.640. The molecule has 0 saturated carbocycles. The number of aromatic nitrogens is 1. The van der Waals surface area contributed by atoms with Gasteiger partial charge in [-0.15, -0.1) is 0 Å². The Balaban J connectivity index is 1.26. The molecule has 1 aromatic heterocycles. The lowest BCUT2D eigenvalue weighted by atomic mass is 10.1. The van der Waals surface area contributed by atoms with E-state index in [9.17, 15) is 0 Å². The predicted molar refractivity (Wildman–Crippen MR) is 113 cm³/mol. The highest BCUT2D eigenvalue weighted by molar-refractivity contribution is 5.46. The fraction of sp³-hybridized carbons (Fsp3) is 0.292. The summed E-state index contributed by atoms with van der Waals surface area (Å²) in [6, 6.07) is 22.9. The van der Waals surface area contributed by atoms with Gasteiger partial charge in [0.1, 0.15) is 12.4 Å². The van der Waals surface area contributed by atoms with Crippen LogP contribution in [0.15, 0.2) is 79.1 Å². The maximum Gasteiger partial charge on any atom is 0.124 e. The zero-order valence-electron chi connectivity index (χ0n) is 16.1. The van der Waals surface area contributed by atoms with Gasteiger partial charge in [-0.25, -0.2) is 0 Å². The van der Waals surface area contributed by atoms with E-state index in [1.165, 1.54) is 17.7 Å². The molecule has 2 aromatic carbocycles. The Hall–Kier alpha value is -2.85. The van der Waals surface area contributed by atoms with E-state index in [-0.39, 0.29) is 0 Å². The molecule has 4 nitrogen and oxygen atoms in total. The summed E-state index contributed by atoms with van der Waals surface area (Å²) < 4.78 is 6.03. The van der Waals surface area contributed by atoms with Gasteiger partial charge in [0.05, 0.1) is 0 Å². The Bertz CT molecular complexity index is 854. The van der Waals surface area contributed by atoms with Gasteiger partial charge in [0.15, 0.2) is 0 Å². The lowest BCUT2D eigenvalue weighted by molar-refractivity contribution is 0.301. The summed E-state index contributed by atoms with van der Waals surface area (Å²) in [4.78, 5) is 6.63. The molecule has 1 aliphatic rings. The number of para-hydroxylation sites is 2. The molecule has 0 radical (unpaired) electrons. The number of benzene rings is 2. The maximum atomic E-state index is 6.03. The molecule has 3 aromatic rings. The Morgan fingerprint density at radius 3 is 2.71 bits per heavy atom. The Kier molecular flexibility index (Phi) is 6.20. The first-order chi connectivity index (χ1) is 13.9. The molecule has 28 heavy (non-hydrogen) atoms. The van der Waals surface area contributed by atoms with Crippen molar-refractivity contribution in [3.05, 3.63) is 90.3 Å². The van der Waals surface area contributed by atoms with E-state index in [1.807, 2.05) is 30.5 Å². The van der Waals surface area contributed by atoms with Gasteiger partial charge in [0, 0.05) is 55.4 Å². The predicted octanol–water partition coefficient (Wildman–Crippen LogP) is 4.28. The number of nitrogens with one attached hydrogen (secondary N) is 1. The van der Waals surface area contributed by atoms with Crippen molar-refractivity contribution < 1.29 is 4.74 Å². The minimum Gasteiger partial charge on any atom is -0.489 e. The van der Waals surface area contributed by atoms with Crippen molar-refractivity contribution >= 4 is 5.69 Å². The molecule has 1 aliphatic heterocycles. The highest BCUT2D eigenvalue weighted by atomic mass is 16.5. The van der Waals surface area contributed by atoms with E-state index >= 15 is 0 Å². The third kappa shape index (κ3) is 4.90. The van der Waals surface area contributed by atoms with Gasteiger partial charge in [-0.2, -0.15) is 0 Å². The SMILES string of the molecule is c1ccc(N2CCC(CNCc3ccccc3OCc3cccnc3)C2)cc1. The topological polar surface area (TPSA) is 37.4 Å². The molecule has 0 aliphatic carbocycles. The number of nitrogens with zero attached hydrogens (tertiary/aromatic N) is 2. The lowest BCUT2D eigenvalue weighted by Gasteiger charge is -2.19. The molecule has 1 saturated heterocycles. The molecular weight excluding hydrogens is 346 g/mol. The van der Waals surface area contributed by atoms with E-state index in [0.29, 0.717) is 12.5 Å².